The summed E-state index contributed by atoms with van der Waals surface area (Å²) in [6, 6.07) is 17.9. The van der Waals surface area contributed by atoms with Gasteiger partial charge in [-0.3, -0.25) is 4.79 Å². The molecule has 1 heterocycles. The van der Waals surface area contributed by atoms with Crippen LogP contribution < -0.4 is 10.6 Å². The fourth-order valence-electron chi connectivity index (χ4n) is 4.17. The van der Waals surface area contributed by atoms with E-state index in [0.29, 0.717) is 5.69 Å². The number of benzene rings is 2. The molecular formula is C26H26N4O5. The fraction of sp³-hybridized carbons (Fsp3) is 0.231. The first kappa shape index (κ1) is 23.9. The van der Waals surface area contributed by atoms with E-state index < -0.39 is 24.0 Å². The molecule has 0 fully saturated rings. The first-order chi connectivity index (χ1) is 16.8. The second-order valence-corrected chi connectivity index (χ2v) is 8.51. The largest absolute Gasteiger partial charge is 0.477 e. The normalized spacial score (nSPS) is 13.0. The van der Waals surface area contributed by atoms with Crippen LogP contribution in [0.2, 0.25) is 0 Å². The van der Waals surface area contributed by atoms with E-state index in [1.165, 1.54) is 18.3 Å². The Morgan fingerprint density at radius 3 is 2.17 bits per heavy atom. The molecule has 0 saturated heterocycles. The second kappa shape index (κ2) is 10.4. The average Bonchev–Trinajstić information content (AvgIpc) is 3.16. The van der Waals surface area contributed by atoms with Crippen LogP contribution in [0.3, 0.4) is 0 Å². The third-order valence-corrected chi connectivity index (χ3v) is 5.75. The highest BCUT2D eigenvalue weighted by atomic mass is 16.5. The Morgan fingerprint density at radius 1 is 1.00 bits per heavy atom. The van der Waals surface area contributed by atoms with Crippen LogP contribution in [-0.4, -0.2) is 66.2 Å². The van der Waals surface area contributed by atoms with Crippen molar-refractivity contribution in [3.63, 3.8) is 0 Å². The minimum Gasteiger partial charge on any atom is -0.477 e. The number of pyridine rings is 1. The van der Waals surface area contributed by atoms with Gasteiger partial charge < -0.3 is 25.4 Å². The quantitative estimate of drug-likeness (QED) is 0.458. The minimum atomic E-state index is -1.16. The molecule has 9 nitrogen and oxygen atoms in total. The Hall–Kier alpha value is -4.24. The van der Waals surface area contributed by atoms with Gasteiger partial charge in [-0.25, -0.2) is 14.6 Å². The summed E-state index contributed by atoms with van der Waals surface area (Å²) < 4.78 is 5.57. The van der Waals surface area contributed by atoms with Crippen molar-refractivity contribution in [3.8, 4) is 11.1 Å². The summed E-state index contributed by atoms with van der Waals surface area (Å²) in [6.07, 6.45) is 0.551. The number of nitrogens with zero attached hydrogens (tertiary/aromatic N) is 2. The standard InChI is InChI=1S/C26H26N4O5/c1-30(2)14-23(24(31)28-16-11-12-22(25(32)33)27-13-16)29-26(34)35-15-21-19-9-5-3-7-17(19)18-8-4-6-10-20(18)21/h3-13,21,23H,14-15H2,1-2H3,(H,28,31)(H,29,34)(H,32,33)/t23-/m0/s1. The third-order valence-electron chi connectivity index (χ3n) is 5.75. The zero-order chi connectivity index (χ0) is 24.9. The van der Waals surface area contributed by atoms with E-state index in [2.05, 4.69) is 27.8 Å². The second-order valence-electron chi connectivity index (χ2n) is 8.51. The Labute approximate surface area is 202 Å². The molecule has 0 radical (unpaired) electrons. The molecule has 2 aromatic carbocycles. The topological polar surface area (TPSA) is 121 Å². The lowest BCUT2D eigenvalue weighted by molar-refractivity contribution is -0.118. The molecule has 0 spiro atoms. The summed E-state index contributed by atoms with van der Waals surface area (Å²) in [5.74, 6) is -1.73. The predicted octanol–water partition coefficient (Wildman–Crippen LogP) is 3.19. The van der Waals surface area contributed by atoms with Crippen molar-refractivity contribution in [3.05, 3.63) is 83.7 Å². The molecule has 1 aromatic heterocycles. The molecule has 1 aliphatic rings. The van der Waals surface area contributed by atoms with Gasteiger partial charge in [0, 0.05) is 12.5 Å². The number of likely N-dealkylation sites (N-methyl/N-ethyl adjacent to an activating group) is 1. The fourth-order valence-corrected chi connectivity index (χ4v) is 4.17. The number of carboxylic acids is 1. The van der Waals surface area contributed by atoms with Gasteiger partial charge in [-0.05, 0) is 48.5 Å². The van der Waals surface area contributed by atoms with Crippen molar-refractivity contribution in [1.29, 1.82) is 0 Å². The molecule has 9 heteroatoms. The molecule has 35 heavy (non-hydrogen) atoms. The van der Waals surface area contributed by atoms with Crippen molar-refractivity contribution >= 4 is 23.7 Å². The number of carbonyl (C=O) groups excluding carboxylic acids is 2. The molecule has 1 aliphatic carbocycles. The van der Waals surface area contributed by atoms with Crippen LogP contribution in [0.25, 0.3) is 11.1 Å². The van der Waals surface area contributed by atoms with Crippen LogP contribution in [0.5, 0.6) is 0 Å². The molecule has 4 rings (SSSR count). The molecule has 0 bridgehead atoms. The van der Waals surface area contributed by atoms with Crippen molar-refractivity contribution < 1.29 is 24.2 Å². The van der Waals surface area contributed by atoms with Crippen LogP contribution in [0.4, 0.5) is 10.5 Å². The van der Waals surface area contributed by atoms with Crippen molar-refractivity contribution in [2.45, 2.75) is 12.0 Å². The number of alkyl carbamates (subject to hydrolysis) is 1. The number of hydrogen-bond donors (Lipinski definition) is 3. The van der Waals surface area contributed by atoms with Crippen LogP contribution in [0, 0.1) is 0 Å². The van der Waals surface area contributed by atoms with Gasteiger partial charge in [-0.15, -0.1) is 0 Å². The van der Waals surface area contributed by atoms with Crippen molar-refractivity contribution in [1.82, 2.24) is 15.2 Å². The summed E-state index contributed by atoms with van der Waals surface area (Å²) in [7, 11) is 3.56. The summed E-state index contributed by atoms with van der Waals surface area (Å²) >= 11 is 0. The summed E-state index contributed by atoms with van der Waals surface area (Å²) in [5, 5.41) is 14.3. The lowest BCUT2D eigenvalue weighted by Gasteiger charge is -2.22. The van der Waals surface area contributed by atoms with Gasteiger partial charge in [-0.1, -0.05) is 48.5 Å². The van der Waals surface area contributed by atoms with Crippen molar-refractivity contribution in [2.75, 3.05) is 32.6 Å². The minimum absolute atomic E-state index is 0.0897. The van der Waals surface area contributed by atoms with E-state index in [1.807, 2.05) is 36.4 Å². The van der Waals surface area contributed by atoms with Crippen LogP contribution in [0.15, 0.2) is 66.9 Å². The maximum atomic E-state index is 12.8. The Balaban J connectivity index is 1.41. The van der Waals surface area contributed by atoms with Crippen LogP contribution >= 0.6 is 0 Å². The maximum absolute atomic E-state index is 12.8. The molecule has 2 amide bonds. The van der Waals surface area contributed by atoms with Crippen LogP contribution in [-0.2, 0) is 9.53 Å². The van der Waals surface area contributed by atoms with Gasteiger partial charge in [0.25, 0.3) is 0 Å². The first-order valence-corrected chi connectivity index (χ1v) is 11.1. The Kier molecular flexibility index (Phi) is 7.07. The SMILES string of the molecule is CN(C)C[C@H](NC(=O)OCC1c2ccccc2-c2ccccc21)C(=O)Nc1ccc(C(=O)O)nc1. The van der Waals surface area contributed by atoms with Gasteiger partial charge in [0.05, 0.1) is 11.9 Å². The smallest absolute Gasteiger partial charge is 0.407 e. The van der Waals surface area contributed by atoms with E-state index >= 15 is 0 Å². The predicted molar refractivity (Wildman–Crippen MR) is 130 cm³/mol. The number of ether oxygens (including phenoxy) is 1. The van der Waals surface area contributed by atoms with Gasteiger partial charge >= 0.3 is 12.1 Å². The summed E-state index contributed by atoms with van der Waals surface area (Å²) in [6.45, 7) is 0.368. The number of amides is 2. The number of anilines is 1. The summed E-state index contributed by atoms with van der Waals surface area (Å²) in [5.41, 5.74) is 4.64. The molecule has 1 atom stereocenters. The maximum Gasteiger partial charge on any atom is 0.407 e. The highest BCUT2D eigenvalue weighted by Crippen LogP contribution is 2.44. The lowest BCUT2D eigenvalue weighted by Crippen LogP contribution is -2.49. The number of aromatic carboxylic acids is 1. The molecule has 0 unspecified atom stereocenters. The average molecular weight is 475 g/mol. The number of aromatic nitrogens is 1. The number of rotatable bonds is 8. The third kappa shape index (κ3) is 5.47. The van der Waals surface area contributed by atoms with E-state index in [1.54, 1.807) is 19.0 Å². The monoisotopic (exact) mass is 474 g/mol. The van der Waals surface area contributed by atoms with E-state index in [9.17, 15) is 14.4 Å². The summed E-state index contributed by atoms with van der Waals surface area (Å²) in [4.78, 5) is 42.0. The van der Waals surface area contributed by atoms with Gasteiger partial charge in [0.2, 0.25) is 5.91 Å². The molecule has 3 aromatic rings. The Bertz CT molecular complexity index is 1200. The molecule has 0 saturated carbocycles. The Morgan fingerprint density at radius 2 is 1.63 bits per heavy atom. The van der Waals surface area contributed by atoms with Gasteiger partial charge in [0.15, 0.2) is 0 Å². The zero-order valence-corrected chi connectivity index (χ0v) is 19.4. The molecule has 3 N–H and O–H groups in total. The number of nitrogens with one attached hydrogen (secondary N) is 2. The number of carboxylic acid groups (broad SMARTS) is 1. The van der Waals surface area contributed by atoms with Gasteiger partial charge in [-0.2, -0.15) is 0 Å². The van der Waals surface area contributed by atoms with E-state index in [-0.39, 0.29) is 24.8 Å². The van der Waals surface area contributed by atoms with E-state index in [0.717, 1.165) is 22.3 Å². The highest BCUT2D eigenvalue weighted by Gasteiger charge is 2.30. The number of fused-ring (bicyclic) bond motifs is 3. The van der Waals surface area contributed by atoms with E-state index in [4.69, 9.17) is 9.84 Å². The van der Waals surface area contributed by atoms with Crippen LogP contribution in [0.1, 0.15) is 27.5 Å². The zero-order valence-electron chi connectivity index (χ0n) is 19.4. The first-order valence-electron chi connectivity index (χ1n) is 11.1. The molecule has 0 aliphatic heterocycles. The lowest BCUT2D eigenvalue weighted by atomic mass is 9.98. The number of hydrogen-bond acceptors (Lipinski definition) is 6. The molecule has 180 valence electrons. The highest BCUT2D eigenvalue weighted by molar-refractivity contribution is 5.97. The molecular weight excluding hydrogens is 448 g/mol. The van der Waals surface area contributed by atoms with Crippen molar-refractivity contribution in [2.24, 2.45) is 0 Å². The number of carbonyl (C=O) groups is 3. The van der Waals surface area contributed by atoms with Gasteiger partial charge in [0.1, 0.15) is 18.3 Å².